The van der Waals surface area contributed by atoms with Gasteiger partial charge < -0.3 is 14.4 Å². The van der Waals surface area contributed by atoms with Gasteiger partial charge in [-0.2, -0.15) is 0 Å². The van der Waals surface area contributed by atoms with E-state index < -0.39 is 11.0 Å². The number of rotatable bonds is 7. The first kappa shape index (κ1) is 19.2. The Labute approximate surface area is 150 Å². The van der Waals surface area contributed by atoms with Crippen LogP contribution >= 0.6 is 0 Å². The number of hydrogen-bond acceptors (Lipinski definition) is 5. The summed E-state index contributed by atoms with van der Waals surface area (Å²) < 4.78 is 23.7. The van der Waals surface area contributed by atoms with Crippen LogP contribution in [0.4, 0.5) is 10.1 Å². The molecule has 0 spiro atoms. The highest BCUT2D eigenvalue weighted by Crippen LogP contribution is 2.31. The van der Waals surface area contributed by atoms with Crippen LogP contribution < -0.4 is 9.47 Å². The molecular formula is C18H19FN2O5. The molecule has 0 bridgehead atoms. The number of hydrogen-bond donors (Lipinski definition) is 0. The fourth-order valence-electron chi connectivity index (χ4n) is 2.40. The maximum absolute atomic E-state index is 13.2. The second kappa shape index (κ2) is 8.28. The van der Waals surface area contributed by atoms with Crippen molar-refractivity contribution >= 4 is 11.6 Å². The number of halogens is 1. The number of carbonyl (C=O) groups excluding carboxylic acids is 1. The van der Waals surface area contributed by atoms with Crippen LogP contribution in [0.1, 0.15) is 12.5 Å². The molecule has 2 aromatic rings. The van der Waals surface area contributed by atoms with Crippen LogP contribution in [0.25, 0.3) is 0 Å². The summed E-state index contributed by atoms with van der Waals surface area (Å²) in [5, 5.41) is 11.2. The number of ether oxygens (including phenoxy) is 2. The summed E-state index contributed by atoms with van der Waals surface area (Å²) in [6.45, 7) is 1.69. The van der Waals surface area contributed by atoms with Crippen LogP contribution in [0.3, 0.4) is 0 Å². The summed E-state index contributed by atoms with van der Waals surface area (Å²) in [6, 6.07) is 10.0. The number of benzene rings is 2. The van der Waals surface area contributed by atoms with Gasteiger partial charge in [-0.25, -0.2) is 4.39 Å². The Morgan fingerprint density at radius 1 is 1.31 bits per heavy atom. The van der Waals surface area contributed by atoms with Crippen molar-refractivity contribution in [1.82, 2.24) is 4.90 Å². The van der Waals surface area contributed by atoms with E-state index in [1.54, 1.807) is 19.2 Å². The normalized spacial score (nSPS) is 11.5. The largest absolute Gasteiger partial charge is 0.496 e. The summed E-state index contributed by atoms with van der Waals surface area (Å²) in [5.74, 6) is -0.497. The number of nitro benzene ring substituents is 1. The molecule has 2 aromatic carbocycles. The molecule has 2 rings (SSSR count). The average molecular weight is 362 g/mol. The van der Waals surface area contributed by atoms with E-state index in [-0.39, 0.29) is 29.7 Å². The lowest BCUT2D eigenvalue weighted by atomic mass is 10.2. The molecule has 0 aromatic heterocycles. The van der Waals surface area contributed by atoms with Crippen molar-refractivity contribution in [3.8, 4) is 11.5 Å². The van der Waals surface area contributed by atoms with Gasteiger partial charge >= 0.3 is 5.69 Å². The number of carbonyl (C=O) groups is 1. The molecule has 0 saturated heterocycles. The van der Waals surface area contributed by atoms with E-state index in [1.165, 1.54) is 49.3 Å². The Morgan fingerprint density at radius 3 is 2.65 bits per heavy atom. The van der Waals surface area contributed by atoms with Crippen LogP contribution in [0, 0.1) is 15.9 Å². The standard InChI is InChI=1S/C18H19FN2O5/c1-12(18(22)20(2)11-13-5-4-6-14(19)9-13)26-17-8-7-15(25-3)10-16(17)21(23)24/h4-10,12H,11H2,1-3H3. The van der Waals surface area contributed by atoms with Crippen LogP contribution in [-0.2, 0) is 11.3 Å². The van der Waals surface area contributed by atoms with Crippen molar-refractivity contribution < 1.29 is 23.6 Å². The molecule has 8 heteroatoms. The van der Waals surface area contributed by atoms with Gasteiger partial charge in [-0.05, 0) is 36.8 Å². The van der Waals surface area contributed by atoms with E-state index in [1.807, 2.05) is 0 Å². The maximum Gasteiger partial charge on any atom is 0.314 e. The molecule has 0 aliphatic carbocycles. The van der Waals surface area contributed by atoms with Crippen molar-refractivity contribution in [3.05, 3.63) is 64.0 Å². The van der Waals surface area contributed by atoms with Crippen molar-refractivity contribution in [3.63, 3.8) is 0 Å². The number of methoxy groups -OCH3 is 1. The van der Waals surface area contributed by atoms with E-state index in [4.69, 9.17) is 9.47 Å². The molecule has 0 aliphatic rings. The first-order valence-electron chi connectivity index (χ1n) is 7.80. The number of nitro groups is 1. The second-order valence-electron chi connectivity index (χ2n) is 5.68. The van der Waals surface area contributed by atoms with E-state index in [2.05, 4.69) is 0 Å². The maximum atomic E-state index is 13.2. The van der Waals surface area contributed by atoms with Gasteiger partial charge in [-0.15, -0.1) is 0 Å². The average Bonchev–Trinajstić information content (AvgIpc) is 2.61. The zero-order chi connectivity index (χ0) is 19.3. The highest BCUT2D eigenvalue weighted by molar-refractivity contribution is 5.80. The molecule has 1 amide bonds. The molecular weight excluding hydrogens is 343 g/mol. The Kier molecular flexibility index (Phi) is 6.11. The molecule has 0 N–H and O–H groups in total. The van der Waals surface area contributed by atoms with Gasteiger partial charge in [-0.3, -0.25) is 14.9 Å². The van der Waals surface area contributed by atoms with Gasteiger partial charge in [0.15, 0.2) is 11.9 Å². The van der Waals surface area contributed by atoms with Gasteiger partial charge in [0.25, 0.3) is 5.91 Å². The smallest absolute Gasteiger partial charge is 0.314 e. The van der Waals surface area contributed by atoms with Crippen molar-refractivity contribution in [1.29, 1.82) is 0 Å². The van der Waals surface area contributed by atoms with Gasteiger partial charge in [0, 0.05) is 13.6 Å². The van der Waals surface area contributed by atoms with Crippen LogP contribution in [-0.4, -0.2) is 36.0 Å². The van der Waals surface area contributed by atoms with Crippen molar-refractivity contribution in [2.75, 3.05) is 14.2 Å². The molecule has 26 heavy (non-hydrogen) atoms. The van der Waals surface area contributed by atoms with Gasteiger partial charge in [-0.1, -0.05) is 12.1 Å². The van der Waals surface area contributed by atoms with E-state index in [9.17, 15) is 19.3 Å². The van der Waals surface area contributed by atoms with Gasteiger partial charge in [0.2, 0.25) is 0 Å². The zero-order valence-electron chi connectivity index (χ0n) is 14.6. The SMILES string of the molecule is COc1ccc(OC(C)C(=O)N(C)Cc2cccc(F)c2)c([N+](=O)[O-])c1. The Hall–Kier alpha value is -3.16. The molecule has 1 atom stereocenters. The molecule has 7 nitrogen and oxygen atoms in total. The minimum atomic E-state index is -0.958. The fourth-order valence-corrected chi connectivity index (χ4v) is 2.40. The van der Waals surface area contributed by atoms with Crippen molar-refractivity contribution in [2.24, 2.45) is 0 Å². The summed E-state index contributed by atoms with van der Waals surface area (Å²) in [6.07, 6.45) is -0.958. The molecule has 0 aliphatic heterocycles. The number of nitrogens with zero attached hydrogens (tertiary/aromatic N) is 2. The fraction of sp³-hybridized carbons (Fsp3) is 0.278. The monoisotopic (exact) mass is 362 g/mol. The van der Waals surface area contributed by atoms with E-state index >= 15 is 0 Å². The third kappa shape index (κ3) is 4.69. The quantitative estimate of drug-likeness (QED) is 0.558. The second-order valence-corrected chi connectivity index (χ2v) is 5.68. The first-order chi connectivity index (χ1) is 12.3. The van der Waals surface area contributed by atoms with Crippen LogP contribution in [0.15, 0.2) is 42.5 Å². The minimum Gasteiger partial charge on any atom is -0.496 e. The van der Waals surface area contributed by atoms with Crippen LogP contribution in [0.2, 0.25) is 0 Å². The zero-order valence-corrected chi connectivity index (χ0v) is 14.6. The molecule has 0 radical (unpaired) electrons. The highest BCUT2D eigenvalue weighted by Gasteiger charge is 2.24. The van der Waals surface area contributed by atoms with Crippen LogP contribution in [0.5, 0.6) is 11.5 Å². The third-order valence-corrected chi connectivity index (χ3v) is 3.70. The number of amides is 1. The predicted molar refractivity (Wildman–Crippen MR) is 92.6 cm³/mol. The summed E-state index contributed by atoms with van der Waals surface area (Å²) >= 11 is 0. The number of likely N-dealkylation sites (N-methyl/N-ethyl adjacent to an activating group) is 1. The molecule has 1 unspecified atom stereocenters. The highest BCUT2D eigenvalue weighted by atomic mass is 19.1. The predicted octanol–water partition coefficient (Wildman–Crippen LogP) is 3.17. The summed E-state index contributed by atoms with van der Waals surface area (Å²) in [5.41, 5.74) is 0.334. The Morgan fingerprint density at radius 2 is 2.04 bits per heavy atom. The first-order valence-corrected chi connectivity index (χ1v) is 7.80. The molecule has 0 heterocycles. The molecule has 138 valence electrons. The lowest BCUT2D eigenvalue weighted by Crippen LogP contribution is -2.37. The Bertz CT molecular complexity index is 812. The Balaban J connectivity index is 2.10. The van der Waals surface area contributed by atoms with Gasteiger partial charge in [0.1, 0.15) is 11.6 Å². The summed E-state index contributed by atoms with van der Waals surface area (Å²) in [7, 11) is 2.95. The molecule has 0 fully saturated rings. The van der Waals surface area contributed by atoms with E-state index in [0.29, 0.717) is 11.3 Å². The third-order valence-electron chi connectivity index (χ3n) is 3.70. The lowest BCUT2D eigenvalue weighted by Gasteiger charge is -2.22. The van der Waals surface area contributed by atoms with Crippen molar-refractivity contribution in [2.45, 2.75) is 19.6 Å². The van der Waals surface area contributed by atoms with E-state index in [0.717, 1.165) is 0 Å². The molecule has 0 saturated carbocycles. The van der Waals surface area contributed by atoms with Gasteiger partial charge in [0.05, 0.1) is 18.1 Å². The lowest BCUT2D eigenvalue weighted by molar-refractivity contribution is -0.386. The minimum absolute atomic E-state index is 0.0317. The summed E-state index contributed by atoms with van der Waals surface area (Å²) in [4.78, 5) is 24.4. The topological polar surface area (TPSA) is 81.9 Å².